The highest BCUT2D eigenvalue weighted by molar-refractivity contribution is 5.96. The topological polar surface area (TPSA) is 55.9 Å². The third-order valence-electron chi connectivity index (χ3n) is 4.09. The molecule has 2 rings (SSSR count). The molecule has 0 saturated carbocycles. The van der Waals surface area contributed by atoms with Crippen LogP contribution in [0.4, 0.5) is 5.69 Å². The summed E-state index contributed by atoms with van der Waals surface area (Å²) >= 11 is 0. The lowest BCUT2D eigenvalue weighted by Crippen LogP contribution is -2.58. The largest absolute Gasteiger partial charge is 0.378 e. The van der Waals surface area contributed by atoms with Crippen molar-refractivity contribution in [2.24, 2.45) is 0 Å². The summed E-state index contributed by atoms with van der Waals surface area (Å²) in [6.45, 7) is 1.74. The molecule has 0 radical (unpaired) electrons. The summed E-state index contributed by atoms with van der Waals surface area (Å²) < 4.78 is 0. The normalized spacial score (nSPS) is 18.9. The van der Waals surface area contributed by atoms with E-state index < -0.39 is 0 Å². The van der Waals surface area contributed by atoms with Crippen molar-refractivity contribution in [3.63, 3.8) is 0 Å². The fourth-order valence-electron chi connectivity index (χ4n) is 2.61. The lowest BCUT2D eigenvalue weighted by molar-refractivity contribution is -0.127. The highest BCUT2D eigenvalue weighted by Gasteiger charge is 2.32. The number of anilines is 1. The molecule has 1 aromatic rings. The van der Waals surface area contributed by atoms with Crippen LogP contribution in [0.5, 0.6) is 0 Å². The van der Waals surface area contributed by atoms with Crippen LogP contribution in [0.2, 0.25) is 0 Å². The second kappa shape index (κ2) is 6.79. The Labute approximate surface area is 131 Å². The van der Waals surface area contributed by atoms with E-state index in [1.165, 1.54) is 0 Å². The van der Waals surface area contributed by atoms with Crippen LogP contribution in [0, 0.1) is 0 Å². The zero-order chi connectivity index (χ0) is 16.3. The number of piperazine rings is 1. The molecule has 6 heteroatoms. The number of amides is 2. The molecule has 120 valence electrons. The van der Waals surface area contributed by atoms with Crippen molar-refractivity contribution in [3.05, 3.63) is 29.8 Å². The number of carbonyl (C=O) groups is 2. The Balaban J connectivity index is 2.15. The van der Waals surface area contributed by atoms with Crippen LogP contribution in [-0.2, 0) is 4.79 Å². The van der Waals surface area contributed by atoms with E-state index in [4.69, 9.17) is 0 Å². The van der Waals surface area contributed by atoms with Crippen molar-refractivity contribution >= 4 is 17.5 Å². The van der Waals surface area contributed by atoms with Gasteiger partial charge in [-0.1, -0.05) is 6.07 Å². The third-order valence-corrected chi connectivity index (χ3v) is 4.09. The molecule has 1 fully saturated rings. The van der Waals surface area contributed by atoms with Gasteiger partial charge in [0.05, 0.1) is 0 Å². The summed E-state index contributed by atoms with van der Waals surface area (Å²) in [6.07, 6.45) is 0. The molecule has 1 saturated heterocycles. The highest BCUT2D eigenvalue weighted by atomic mass is 16.2. The number of nitrogens with one attached hydrogen (secondary N) is 1. The smallest absolute Gasteiger partial charge is 0.254 e. The molecule has 0 spiro atoms. The molecule has 1 aliphatic heterocycles. The SMILES string of the molecule is CNC(=O)[C@H]1CN(C(=O)c2cccc(N(C)C)c2)CCN1C. The van der Waals surface area contributed by atoms with Gasteiger partial charge in [-0.3, -0.25) is 14.5 Å². The molecule has 0 bridgehead atoms. The Hall–Kier alpha value is -2.08. The molecule has 1 N–H and O–H groups in total. The molecule has 1 aliphatic rings. The second-order valence-corrected chi connectivity index (χ2v) is 5.81. The highest BCUT2D eigenvalue weighted by Crippen LogP contribution is 2.17. The number of likely N-dealkylation sites (N-methyl/N-ethyl adjacent to an activating group) is 2. The average molecular weight is 304 g/mol. The number of rotatable bonds is 3. The van der Waals surface area contributed by atoms with Gasteiger partial charge < -0.3 is 15.1 Å². The first-order chi connectivity index (χ1) is 10.4. The standard InChI is InChI=1S/C16H24N4O2/c1-17-15(21)14-11-20(9-8-19(14)4)16(22)12-6-5-7-13(10-12)18(2)3/h5-7,10,14H,8-9,11H2,1-4H3,(H,17,21)/t14-/m1/s1. The van der Waals surface area contributed by atoms with Crippen LogP contribution < -0.4 is 10.2 Å². The van der Waals surface area contributed by atoms with Gasteiger partial charge in [0.25, 0.3) is 5.91 Å². The molecule has 0 aliphatic carbocycles. The summed E-state index contributed by atoms with van der Waals surface area (Å²) in [5.41, 5.74) is 1.65. The van der Waals surface area contributed by atoms with Crippen molar-refractivity contribution in [1.82, 2.24) is 15.1 Å². The first-order valence-corrected chi connectivity index (χ1v) is 7.42. The molecule has 2 amide bonds. The Kier molecular flexibility index (Phi) is 5.03. The zero-order valence-electron chi connectivity index (χ0n) is 13.7. The van der Waals surface area contributed by atoms with E-state index in [1.54, 1.807) is 11.9 Å². The fourth-order valence-corrected chi connectivity index (χ4v) is 2.61. The summed E-state index contributed by atoms with van der Waals surface area (Å²) in [5.74, 6) is -0.0762. The molecule has 1 atom stereocenters. The predicted molar refractivity (Wildman–Crippen MR) is 87.2 cm³/mol. The second-order valence-electron chi connectivity index (χ2n) is 5.81. The molecular weight excluding hydrogens is 280 g/mol. The van der Waals surface area contributed by atoms with Gasteiger partial charge in [0.1, 0.15) is 6.04 Å². The van der Waals surface area contributed by atoms with Gasteiger partial charge in [-0.2, -0.15) is 0 Å². The van der Waals surface area contributed by atoms with Crippen LogP contribution >= 0.6 is 0 Å². The van der Waals surface area contributed by atoms with Crippen molar-refractivity contribution in [1.29, 1.82) is 0 Å². The van der Waals surface area contributed by atoms with Gasteiger partial charge in [0, 0.05) is 52.0 Å². The molecule has 6 nitrogen and oxygen atoms in total. The average Bonchev–Trinajstić information content (AvgIpc) is 2.54. The van der Waals surface area contributed by atoms with Crippen molar-refractivity contribution in [3.8, 4) is 0 Å². The molecule has 1 aromatic carbocycles. The maximum absolute atomic E-state index is 12.7. The van der Waals surface area contributed by atoms with Gasteiger partial charge in [-0.15, -0.1) is 0 Å². The number of nitrogens with zero attached hydrogens (tertiary/aromatic N) is 3. The van der Waals surface area contributed by atoms with E-state index >= 15 is 0 Å². The van der Waals surface area contributed by atoms with Gasteiger partial charge >= 0.3 is 0 Å². The fraction of sp³-hybridized carbons (Fsp3) is 0.500. The third kappa shape index (κ3) is 3.39. The predicted octanol–water partition coefficient (Wildman–Crippen LogP) is 0.255. The number of hydrogen-bond donors (Lipinski definition) is 1. The lowest BCUT2D eigenvalue weighted by atomic mass is 10.1. The number of hydrogen-bond acceptors (Lipinski definition) is 4. The maximum Gasteiger partial charge on any atom is 0.254 e. The summed E-state index contributed by atoms with van der Waals surface area (Å²) in [7, 11) is 7.42. The van der Waals surface area contributed by atoms with Crippen LogP contribution in [0.1, 0.15) is 10.4 Å². The van der Waals surface area contributed by atoms with E-state index in [0.717, 1.165) is 5.69 Å². The lowest BCUT2D eigenvalue weighted by Gasteiger charge is -2.38. The van der Waals surface area contributed by atoms with E-state index in [-0.39, 0.29) is 17.9 Å². The Morgan fingerprint density at radius 2 is 2.00 bits per heavy atom. The summed E-state index contributed by atoms with van der Waals surface area (Å²) in [5, 5.41) is 2.66. The first-order valence-electron chi connectivity index (χ1n) is 7.42. The van der Waals surface area contributed by atoms with E-state index in [0.29, 0.717) is 25.2 Å². The van der Waals surface area contributed by atoms with E-state index in [1.807, 2.05) is 55.2 Å². The Morgan fingerprint density at radius 1 is 1.27 bits per heavy atom. The number of benzene rings is 1. The van der Waals surface area contributed by atoms with E-state index in [9.17, 15) is 9.59 Å². The first kappa shape index (κ1) is 16.3. The Bertz CT molecular complexity index is 559. The molecule has 22 heavy (non-hydrogen) atoms. The minimum Gasteiger partial charge on any atom is -0.378 e. The van der Waals surface area contributed by atoms with Gasteiger partial charge in [-0.05, 0) is 25.2 Å². The molecule has 0 aromatic heterocycles. The zero-order valence-corrected chi connectivity index (χ0v) is 13.7. The van der Waals surface area contributed by atoms with Crippen LogP contribution in [0.15, 0.2) is 24.3 Å². The van der Waals surface area contributed by atoms with Crippen LogP contribution in [-0.4, -0.2) is 75.5 Å². The molecular formula is C16H24N4O2. The number of carbonyl (C=O) groups excluding carboxylic acids is 2. The Morgan fingerprint density at radius 3 is 2.64 bits per heavy atom. The minimum atomic E-state index is -0.292. The van der Waals surface area contributed by atoms with Crippen molar-refractivity contribution in [2.75, 3.05) is 52.7 Å². The van der Waals surface area contributed by atoms with E-state index in [2.05, 4.69) is 5.32 Å². The molecule has 0 unspecified atom stereocenters. The summed E-state index contributed by atoms with van der Waals surface area (Å²) in [6, 6.07) is 7.26. The quantitative estimate of drug-likeness (QED) is 0.870. The maximum atomic E-state index is 12.7. The van der Waals surface area contributed by atoms with Gasteiger partial charge in [0.15, 0.2) is 0 Å². The van der Waals surface area contributed by atoms with Gasteiger partial charge in [-0.25, -0.2) is 0 Å². The van der Waals surface area contributed by atoms with Crippen molar-refractivity contribution in [2.45, 2.75) is 6.04 Å². The van der Waals surface area contributed by atoms with Gasteiger partial charge in [0.2, 0.25) is 5.91 Å². The monoisotopic (exact) mass is 304 g/mol. The van der Waals surface area contributed by atoms with Crippen LogP contribution in [0.3, 0.4) is 0 Å². The summed E-state index contributed by atoms with van der Waals surface area (Å²) in [4.78, 5) is 30.3. The van der Waals surface area contributed by atoms with Crippen molar-refractivity contribution < 1.29 is 9.59 Å². The van der Waals surface area contributed by atoms with Crippen LogP contribution in [0.25, 0.3) is 0 Å². The molecule has 1 heterocycles. The minimum absolute atomic E-state index is 0.0225.